The van der Waals surface area contributed by atoms with Gasteiger partial charge in [-0.05, 0) is 42.5 Å². The Balaban J connectivity index is 1.84. The number of carbonyl (C=O) groups excluding carboxylic acids is 2. The molecule has 8 heteroatoms. The van der Waals surface area contributed by atoms with Gasteiger partial charge in [-0.2, -0.15) is 0 Å². The highest BCUT2D eigenvalue weighted by Crippen LogP contribution is 2.25. The van der Waals surface area contributed by atoms with E-state index < -0.39 is 5.91 Å². The smallest absolute Gasteiger partial charge is 0.271 e. The van der Waals surface area contributed by atoms with Gasteiger partial charge in [0.2, 0.25) is 5.91 Å². The number of anilines is 3. The molecule has 3 rings (SSSR count). The fourth-order valence-corrected chi connectivity index (χ4v) is 3.69. The number of likely N-dealkylation sites (N-methyl/N-ethyl adjacent to an activating group) is 1. The first-order valence-corrected chi connectivity index (χ1v) is 10.5. The van der Waals surface area contributed by atoms with Gasteiger partial charge in [-0.1, -0.05) is 32.6 Å². The number of nitrogens with zero attached hydrogens (tertiary/aromatic N) is 4. The number of primary amides is 1. The zero-order chi connectivity index (χ0) is 22.5. The SMILES string of the molecule is C=CC(=O)N1CCCC(N(C)c2cnc(C(N)=O)c(Nc3ccc(C(C)C)cc3)n2)C1. The molecule has 0 radical (unpaired) electrons. The third-order valence-electron chi connectivity index (χ3n) is 5.63. The summed E-state index contributed by atoms with van der Waals surface area (Å²) in [6.45, 7) is 9.15. The predicted molar refractivity (Wildman–Crippen MR) is 123 cm³/mol. The van der Waals surface area contributed by atoms with Crippen molar-refractivity contribution in [3.63, 3.8) is 0 Å². The molecular formula is C23H30N6O2. The van der Waals surface area contributed by atoms with Crippen LogP contribution in [0.15, 0.2) is 43.1 Å². The molecule has 1 atom stereocenters. The van der Waals surface area contributed by atoms with Gasteiger partial charge in [0.15, 0.2) is 11.5 Å². The Hall–Kier alpha value is -3.42. The quantitative estimate of drug-likeness (QED) is 0.665. The van der Waals surface area contributed by atoms with Crippen LogP contribution in [0.25, 0.3) is 0 Å². The predicted octanol–water partition coefficient (Wildman–Crippen LogP) is 3.06. The summed E-state index contributed by atoms with van der Waals surface area (Å²) >= 11 is 0. The highest BCUT2D eigenvalue weighted by atomic mass is 16.2. The molecule has 1 aliphatic rings. The molecule has 1 unspecified atom stereocenters. The van der Waals surface area contributed by atoms with E-state index >= 15 is 0 Å². The highest BCUT2D eigenvalue weighted by molar-refractivity contribution is 5.96. The summed E-state index contributed by atoms with van der Waals surface area (Å²) in [6.07, 6.45) is 4.71. The lowest BCUT2D eigenvalue weighted by molar-refractivity contribution is -0.127. The second-order valence-corrected chi connectivity index (χ2v) is 8.09. The van der Waals surface area contributed by atoms with Gasteiger partial charge in [-0.15, -0.1) is 0 Å². The maximum absolute atomic E-state index is 12.0. The first-order valence-electron chi connectivity index (χ1n) is 10.5. The van der Waals surface area contributed by atoms with Gasteiger partial charge in [0.05, 0.1) is 6.20 Å². The molecule has 2 amide bonds. The van der Waals surface area contributed by atoms with Crippen molar-refractivity contribution in [2.75, 3.05) is 30.4 Å². The summed E-state index contributed by atoms with van der Waals surface area (Å²) in [5.74, 6) is 0.618. The van der Waals surface area contributed by atoms with Crippen molar-refractivity contribution in [2.45, 2.75) is 38.6 Å². The molecule has 0 spiro atoms. The number of benzene rings is 1. The maximum Gasteiger partial charge on any atom is 0.271 e. The second kappa shape index (κ2) is 9.59. The number of likely N-dealkylation sites (tertiary alicyclic amines) is 1. The molecule has 0 bridgehead atoms. The van der Waals surface area contributed by atoms with Gasteiger partial charge in [0.25, 0.3) is 5.91 Å². The normalized spacial score (nSPS) is 16.1. The van der Waals surface area contributed by atoms with Gasteiger partial charge in [0.1, 0.15) is 5.82 Å². The van der Waals surface area contributed by atoms with Crippen LogP contribution in [0.4, 0.5) is 17.3 Å². The average Bonchev–Trinajstić information content (AvgIpc) is 2.78. The highest BCUT2D eigenvalue weighted by Gasteiger charge is 2.27. The van der Waals surface area contributed by atoms with Gasteiger partial charge < -0.3 is 20.9 Å². The third kappa shape index (κ3) is 5.20. The molecule has 3 N–H and O–H groups in total. The molecule has 1 aliphatic heterocycles. The van der Waals surface area contributed by atoms with E-state index in [0.717, 1.165) is 25.1 Å². The number of nitrogens with two attached hydrogens (primary N) is 1. The average molecular weight is 423 g/mol. The van der Waals surface area contributed by atoms with Gasteiger partial charge in [-0.3, -0.25) is 9.59 Å². The monoisotopic (exact) mass is 422 g/mol. The van der Waals surface area contributed by atoms with E-state index in [2.05, 4.69) is 35.7 Å². The van der Waals surface area contributed by atoms with Crippen molar-refractivity contribution in [3.05, 3.63) is 54.4 Å². The molecule has 1 aromatic heterocycles. The number of hydrogen-bond acceptors (Lipinski definition) is 6. The molecule has 2 aromatic rings. The fourth-order valence-electron chi connectivity index (χ4n) is 3.69. The summed E-state index contributed by atoms with van der Waals surface area (Å²) in [5, 5.41) is 3.18. The number of piperidine rings is 1. The van der Waals surface area contributed by atoms with Crippen molar-refractivity contribution in [1.82, 2.24) is 14.9 Å². The van der Waals surface area contributed by atoms with Crippen LogP contribution in [0.2, 0.25) is 0 Å². The summed E-state index contributed by atoms with van der Waals surface area (Å²) in [5.41, 5.74) is 7.61. The van der Waals surface area contributed by atoms with Crippen LogP contribution >= 0.6 is 0 Å². The van der Waals surface area contributed by atoms with E-state index in [9.17, 15) is 9.59 Å². The molecule has 1 saturated heterocycles. The molecule has 1 fully saturated rings. The number of carbonyl (C=O) groups is 2. The van der Waals surface area contributed by atoms with E-state index in [4.69, 9.17) is 5.73 Å². The molecule has 8 nitrogen and oxygen atoms in total. The van der Waals surface area contributed by atoms with Crippen LogP contribution in [0.5, 0.6) is 0 Å². The molecule has 31 heavy (non-hydrogen) atoms. The van der Waals surface area contributed by atoms with Gasteiger partial charge in [0, 0.05) is 31.9 Å². The first kappa shape index (κ1) is 22.3. The van der Waals surface area contributed by atoms with E-state index in [1.54, 1.807) is 11.1 Å². The molecule has 2 heterocycles. The van der Waals surface area contributed by atoms with Crippen LogP contribution < -0.4 is 16.0 Å². The van der Waals surface area contributed by atoms with Crippen molar-refractivity contribution in [3.8, 4) is 0 Å². The Labute approximate surface area is 183 Å². The zero-order valence-corrected chi connectivity index (χ0v) is 18.3. The Bertz CT molecular complexity index is 957. The molecule has 0 saturated carbocycles. The zero-order valence-electron chi connectivity index (χ0n) is 18.3. The van der Waals surface area contributed by atoms with Crippen LogP contribution in [0.3, 0.4) is 0 Å². The van der Waals surface area contributed by atoms with Crippen molar-refractivity contribution in [2.24, 2.45) is 5.73 Å². The van der Waals surface area contributed by atoms with Crippen LogP contribution in [-0.2, 0) is 4.79 Å². The minimum Gasteiger partial charge on any atom is -0.364 e. The number of rotatable bonds is 7. The summed E-state index contributed by atoms with van der Waals surface area (Å²) in [6, 6.07) is 8.04. The van der Waals surface area contributed by atoms with Crippen molar-refractivity contribution < 1.29 is 9.59 Å². The lowest BCUT2D eigenvalue weighted by Gasteiger charge is -2.37. The van der Waals surface area contributed by atoms with E-state index in [0.29, 0.717) is 24.1 Å². The summed E-state index contributed by atoms with van der Waals surface area (Å²) < 4.78 is 0. The van der Waals surface area contributed by atoms with Crippen molar-refractivity contribution >= 4 is 29.1 Å². The summed E-state index contributed by atoms with van der Waals surface area (Å²) in [4.78, 5) is 36.6. The van der Waals surface area contributed by atoms with Crippen LogP contribution in [0, 0.1) is 0 Å². The molecule has 164 valence electrons. The van der Waals surface area contributed by atoms with Crippen LogP contribution in [0.1, 0.15) is 48.7 Å². The Kier molecular flexibility index (Phi) is 6.89. The lowest BCUT2D eigenvalue weighted by Crippen LogP contribution is -2.48. The third-order valence-corrected chi connectivity index (χ3v) is 5.63. The largest absolute Gasteiger partial charge is 0.364 e. The van der Waals surface area contributed by atoms with Gasteiger partial charge >= 0.3 is 0 Å². The first-order chi connectivity index (χ1) is 14.8. The number of amides is 2. The molecule has 0 aliphatic carbocycles. The Morgan fingerprint density at radius 1 is 1.32 bits per heavy atom. The van der Waals surface area contributed by atoms with Crippen molar-refractivity contribution in [1.29, 1.82) is 0 Å². The Morgan fingerprint density at radius 3 is 2.65 bits per heavy atom. The second-order valence-electron chi connectivity index (χ2n) is 8.09. The maximum atomic E-state index is 12.0. The number of aromatic nitrogens is 2. The molecule has 1 aromatic carbocycles. The fraction of sp³-hybridized carbons (Fsp3) is 0.391. The van der Waals surface area contributed by atoms with E-state index in [1.165, 1.54) is 11.6 Å². The minimum absolute atomic E-state index is 0.0690. The standard InChI is InChI=1S/C23H30N6O2/c1-5-20(30)29-12-6-7-18(14-29)28(4)19-13-25-21(22(24)31)23(27-19)26-17-10-8-16(9-11-17)15(2)3/h5,8-11,13,15,18H,1,6-7,12,14H2,2-4H3,(H2,24,31)(H,26,27). The van der Waals surface area contributed by atoms with Gasteiger partial charge in [-0.25, -0.2) is 9.97 Å². The minimum atomic E-state index is -0.650. The molecular weight excluding hydrogens is 392 g/mol. The van der Waals surface area contributed by atoms with E-state index in [1.807, 2.05) is 36.2 Å². The van der Waals surface area contributed by atoms with E-state index in [-0.39, 0.29) is 17.6 Å². The Morgan fingerprint density at radius 2 is 2.03 bits per heavy atom. The topological polar surface area (TPSA) is 104 Å². The number of nitrogens with one attached hydrogen (secondary N) is 1. The summed E-state index contributed by atoms with van der Waals surface area (Å²) in [7, 11) is 1.92. The lowest BCUT2D eigenvalue weighted by atomic mass is 10.0. The number of hydrogen-bond donors (Lipinski definition) is 2. The van der Waals surface area contributed by atoms with Crippen LogP contribution in [-0.4, -0.2) is 52.9 Å².